The molecule has 0 radical (unpaired) electrons. The van der Waals surface area contributed by atoms with Crippen LogP contribution in [0.15, 0.2) is 146 Å². The lowest BCUT2D eigenvalue weighted by molar-refractivity contribution is 0.390. The van der Waals surface area contributed by atoms with Crippen LogP contribution in [0.2, 0.25) is 0 Å². The number of phenolic OH excluding ortho intramolecular Hbond substituents is 1. The fourth-order valence-corrected chi connectivity index (χ4v) is 7.45. The monoisotopic (exact) mass is 611 g/mol. The predicted octanol–water partition coefficient (Wildman–Crippen LogP) is 10.8. The second-order valence-electron chi connectivity index (χ2n) is 11.2. The number of ether oxygens (including phenoxy) is 1. The first-order valence-electron chi connectivity index (χ1n) is 15.0. The Bertz CT molecular complexity index is 2570. The van der Waals surface area contributed by atoms with Crippen LogP contribution in [-0.2, 0) is 0 Å². The molecule has 0 saturated heterocycles. The van der Waals surface area contributed by atoms with Crippen molar-refractivity contribution in [3.8, 4) is 45.6 Å². The molecule has 46 heavy (non-hydrogen) atoms. The average Bonchev–Trinajstić information content (AvgIpc) is 3.66. The fourth-order valence-electron chi connectivity index (χ4n) is 6.33. The molecule has 3 heterocycles. The summed E-state index contributed by atoms with van der Waals surface area (Å²) in [5.74, 6) is 0.425. The Morgan fingerprint density at radius 2 is 1.43 bits per heavy atom. The van der Waals surface area contributed by atoms with E-state index < -0.39 is 0 Å². The molecule has 6 aromatic carbocycles. The molecule has 1 N–H and O–H groups in total. The number of rotatable bonds is 5. The number of thiophene rings is 1. The van der Waals surface area contributed by atoms with Crippen molar-refractivity contribution in [3.63, 3.8) is 0 Å². The Labute approximate surface area is 268 Å². The van der Waals surface area contributed by atoms with Crippen LogP contribution < -0.4 is 4.74 Å². The highest BCUT2D eigenvalue weighted by atomic mass is 32.1. The van der Waals surface area contributed by atoms with Crippen molar-refractivity contribution in [2.24, 2.45) is 0 Å². The Morgan fingerprint density at radius 3 is 2.30 bits per heavy atom. The highest BCUT2D eigenvalue weighted by molar-refractivity contribution is 7.25. The third-order valence-corrected chi connectivity index (χ3v) is 9.58. The molecule has 0 saturated carbocycles. The van der Waals surface area contributed by atoms with Gasteiger partial charge in [0, 0.05) is 43.6 Å². The van der Waals surface area contributed by atoms with Gasteiger partial charge in [-0.3, -0.25) is 9.55 Å². The number of pyridine rings is 1. The molecule has 0 spiro atoms. The lowest BCUT2D eigenvalue weighted by atomic mass is 9.94. The number of aromatic hydroxyl groups is 1. The first-order valence-corrected chi connectivity index (χ1v) is 15.9. The van der Waals surface area contributed by atoms with Crippen molar-refractivity contribution in [2.75, 3.05) is 0 Å². The molecule has 0 amide bonds. The number of para-hydroxylation sites is 2. The van der Waals surface area contributed by atoms with Crippen molar-refractivity contribution < 1.29 is 9.84 Å². The number of hydrogen-bond donors (Lipinski definition) is 1. The SMILES string of the molecule is Oc1cc2sc3ccccc3c2cc1Oc1nc2c(-c3cc(-c4ccccn4)c4ccccc4c3)cccc2n1-c1ccccc1. The molecule has 0 fully saturated rings. The molecular formula is C40H25N3O2S. The maximum absolute atomic E-state index is 11.1. The van der Waals surface area contributed by atoms with E-state index >= 15 is 0 Å². The van der Waals surface area contributed by atoms with Gasteiger partial charge in [-0.1, -0.05) is 78.9 Å². The molecule has 0 aliphatic heterocycles. The first kappa shape index (κ1) is 26.4. The molecule has 9 rings (SSSR count). The van der Waals surface area contributed by atoms with Crippen molar-refractivity contribution >= 4 is 53.3 Å². The summed E-state index contributed by atoms with van der Waals surface area (Å²) in [5, 5.41) is 15.6. The van der Waals surface area contributed by atoms with E-state index in [0.29, 0.717) is 11.8 Å². The molecule has 0 unspecified atom stereocenters. The lowest BCUT2D eigenvalue weighted by Gasteiger charge is -2.12. The number of nitrogens with zero attached hydrogens (tertiary/aromatic N) is 3. The zero-order valence-corrected chi connectivity index (χ0v) is 25.3. The van der Waals surface area contributed by atoms with Crippen molar-refractivity contribution in [1.82, 2.24) is 14.5 Å². The third-order valence-electron chi connectivity index (χ3n) is 8.44. The predicted molar refractivity (Wildman–Crippen MR) is 188 cm³/mol. The Balaban J connectivity index is 1.26. The van der Waals surface area contributed by atoms with Crippen LogP contribution >= 0.6 is 11.3 Å². The Morgan fingerprint density at radius 1 is 0.630 bits per heavy atom. The van der Waals surface area contributed by atoms with E-state index in [1.807, 2.05) is 77.5 Å². The van der Waals surface area contributed by atoms with Gasteiger partial charge in [0.15, 0.2) is 11.5 Å². The number of phenols is 1. The molecule has 0 bridgehead atoms. The van der Waals surface area contributed by atoms with Gasteiger partial charge < -0.3 is 9.84 Å². The smallest absolute Gasteiger partial charge is 0.307 e. The van der Waals surface area contributed by atoms with Crippen LogP contribution in [0.1, 0.15) is 0 Å². The maximum atomic E-state index is 11.1. The van der Waals surface area contributed by atoms with Gasteiger partial charge in [-0.05, 0) is 70.9 Å². The average molecular weight is 612 g/mol. The normalized spacial score (nSPS) is 11.6. The standard InChI is InChI=1S/C40H25N3O2S/c44-35-24-38-32(30-15-6-7-19-37(30)46-38)23-36(35)45-40-42-39-29(16-10-18-34(39)43(40)27-12-2-1-3-13-27)26-21-25-11-4-5-14-28(25)31(22-26)33-17-8-9-20-41-33/h1-24,44H. The third kappa shape index (κ3) is 4.30. The van der Waals surface area contributed by atoms with Gasteiger partial charge in [0.2, 0.25) is 0 Å². The number of fused-ring (bicyclic) bond motifs is 5. The molecule has 0 aliphatic carbocycles. The quantitative estimate of drug-likeness (QED) is 0.210. The van der Waals surface area contributed by atoms with E-state index in [9.17, 15) is 5.11 Å². The largest absolute Gasteiger partial charge is 0.504 e. The zero-order chi connectivity index (χ0) is 30.6. The summed E-state index contributed by atoms with van der Waals surface area (Å²) in [6, 6.07) is 47.4. The minimum Gasteiger partial charge on any atom is -0.504 e. The summed E-state index contributed by atoms with van der Waals surface area (Å²) in [4.78, 5) is 9.81. The van der Waals surface area contributed by atoms with Gasteiger partial charge in [-0.25, -0.2) is 0 Å². The van der Waals surface area contributed by atoms with E-state index in [0.717, 1.165) is 70.0 Å². The van der Waals surface area contributed by atoms with E-state index in [1.165, 1.54) is 0 Å². The van der Waals surface area contributed by atoms with Crippen LogP contribution in [0.4, 0.5) is 0 Å². The molecule has 3 aromatic heterocycles. The molecular weight excluding hydrogens is 587 g/mol. The summed E-state index contributed by atoms with van der Waals surface area (Å²) < 4.78 is 10.7. The van der Waals surface area contributed by atoms with Crippen LogP contribution in [0, 0.1) is 0 Å². The molecule has 5 nitrogen and oxygen atoms in total. The maximum Gasteiger partial charge on any atom is 0.307 e. The van der Waals surface area contributed by atoms with E-state index in [-0.39, 0.29) is 5.75 Å². The number of benzene rings is 6. The molecule has 0 aliphatic rings. The van der Waals surface area contributed by atoms with E-state index in [4.69, 9.17) is 9.72 Å². The summed E-state index contributed by atoms with van der Waals surface area (Å²) in [6.45, 7) is 0. The minimum absolute atomic E-state index is 0.0699. The van der Waals surface area contributed by atoms with Crippen LogP contribution in [0.3, 0.4) is 0 Å². The summed E-state index contributed by atoms with van der Waals surface area (Å²) >= 11 is 1.65. The Hall–Kier alpha value is -5.98. The topological polar surface area (TPSA) is 60.2 Å². The van der Waals surface area contributed by atoms with Crippen LogP contribution in [0.25, 0.3) is 70.0 Å². The molecule has 6 heteroatoms. The van der Waals surface area contributed by atoms with E-state index in [2.05, 4.69) is 71.7 Å². The minimum atomic E-state index is 0.0699. The highest BCUT2D eigenvalue weighted by Gasteiger charge is 2.21. The van der Waals surface area contributed by atoms with Crippen molar-refractivity contribution in [2.45, 2.75) is 0 Å². The summed E-state index contributed by atoms with van der Waals surface area (Å²) in [5.41, 5.74) is 6.58. The zero-order valence-electron chi connectivity index (χ0n) is 24.5. The number of imidazole rings is 1. The van der Waals surface area contributed by atoms with Gasteiger partial charge in [-0.15, -0.1) is 11.3 Å². The first-order chi connectivity index (χ1) is 22.7. The van der Waals surface area contributed by atoms with Crippen LogP contribution in [-0.4, -0.2) is 19.6 Å². The van der Waals surface area contributed by atoms with Crippen molar-refractivity contribution in [3.05, 3.63) is 146 Å². The highest BCUT2D eigenvalue weighted by Crippen LogP contribution is 2.43. The fraction of sp³-hybridized carbons (Fsp3) is 0. The van der Waals surface area contributed by atoms with Gasteiger partial charge >= 0.3 is 6.01 Å². The second kappa shape index (κ2) is 10.6. The van der Waals surface area contributed by atoms with E-state index in [1.54, 1.807) is 17.4 Å². The second-order valence-corrected chi connectivity index (χ2v) is 12.3. The Kier molecular flexibility index (Phi) is 6.08. The van der Waals surface area contributed by atoms with Gasteiger partial charge in [0.05, 0.1) is 16.9 Å². The van der Waals surface area contributed by atoms with Gasteiger partial charge in [0.1, 0.15) is 5.52 Å². The van der Waals surface area contributed by atoms with Gasteiger partial charge in [-0.2, -0.15) is 4.98 Å². The van der Waals surface area contributed by atoms with Gasteiger partial charge in [0.25, 0.3) is 0 Å². The summed E-state index contributed by atoms with van der Waals surface area (Å²) in [7, 11) is 0. The summed E-state index contributed by atoms with van der Waals surface area (Å²) in [6.07, 6.45) is 1.83. The lowest BCUT2D eigenvalue weighted by Crippen LogP contribution is -1.98. The molecule has 0 atom stereocenters. The number of hydrogen-bond acceptors (Lipinski definition) is 5. The molecule has 218 valence electrons. The van der Waals surface area contributed by atoms with Crippen molar-refractivity contribution in [1.29, 1.82) is 0 Å². The number of aromatic nitrogens is 3. The molecule has 9 aromatic rings. The van der Waals surface area contributed by atoms with Crippen LogP contribution in [0.5, 0.6) is 17.5 Å².